The van der Waals surface area contributed by atoms with Gasteiger partial charge in [0.05, 0.1) is 11.0 Å². The number of rotatable bonds is 6. The molecule has 0 aliphatic carbocycles. The monoisotopic (exact) mass is 652 g/mol. The van der Waals surface area contributed by atoms with Crippen LogP contribution in [0.2, 0.25) is 0 Å². The number of furan rings is 1. The molecule has 0 N–H and O–H groups in total. The summed E-state index contributed by atoms with van der Waals surface area (Å²) < 4.78 is 8.64. The average Bonchev–Trinajstić information content (AvgIpc) is 3.74. The molecule has 2 heterocycles. The second-order valence-corrected chi connectivity index (χ2v) is 13.0. The van der Waals surface area contributed by atoms with Gasteiger partial charge in [0, 0.05) is 44.3 Å². The molecule has 0 radical (unpaired) electrons. The second-order valence-electron chi connectivity index (χ2n) is 13.0. The Morgan fingerprint density at radius 2 is 0.922 bits per heavy atom. The SMILES string of the molecule is c1ccc(-c2ccc(N(c3cccc(-c4ccc5c(c4)oc4ccccc45)c3)c3ccc4c(c3)c3ccccc3n4-c3ccccc3)cc2)cc1. The van der Waals surface area contributed by atoms with Crippen LogP contribution in [-0.4, -0.2) is 4.57 Å². The van der Waals surface area contributed by atoms with E-state index in [1.165, 1.54) is 32.9 Å². The molecule has 0 saturated heterocycles. The molecule has 51 heavy (non-hydrogen) atoms. The lowest BCUT2D eigenvalue weighted by Crippen LogP contribution is -2.10. The summed E-state index contributed by atoms with van der Waals surface area (Å²) in [5, 5.41) is 4.71. The first kappa shape index (κ1) is 29.1. The highest BCUT2D eigenvalue weighted by Crippen LogP contribution is 2.41. The van der Waals surface area contributed by atoms with E-state index in [-0.39, 0.29) is 0 Å². The van der Waals surface area contributed by atoms with Gasteiger partial charge in [0.15, 0.2) is 0 Å². The van der Waals surface area contributed by atoms with Gasteiger partial charge < -0.3 is 13.9 Å². The van der Waals surface area contributed by atoms with Crippen LogP contribution in [0.4, 0.5) is 17.1 Å². The summed E-state index contributed by atoms with van der Waals surface area (Å²) in [6, 6.07) is 69.2. The fraction of sp³-hybridized carbons (Fsp3) is 0. The molecule has 0 saturated carbocycles. The summed E-state index contributed by atoms with van der Waals surface area (Å²) in [5.41, 5.74) is 13.2. The van der Waals surface area contributed by atoms with Crippen LogP contribution in [-0.2, 0) is 0 Å². The van der Waals surface area contributed by atoms with Gasteiger partial charge in [-0.2, -0.15) is 0 Å². The number of para-hydroxylation sites is 3. The Kier molecular flexibility index (Phi) is 6.81. The number of aromatic nitrogens is 1. The predicted octanol–water partition coefficient (Wildman–Crippen LogP) is 13.5. The molecule has 0 unspecified atom stereocenters. The minimum Gasteiger partial charge on any atom is -0.456 e. The van der Waals surface area contributed by atoms with Crippen molar-refractivity contribution in [3.63, 3.8) is 0 Å². The zero-order chi connectivity index (χ0) is 33.7. The number of nitrogens with zero attached hydrogens (tertiary/aromatic N) is 2. The van der Waals surface area contributed by atoms with Crippen molar-refractivity contribution in [1.82, 2.24) is 4.57 Å². The quantitative estimate of drug-likeness (QED) is 0.178. The van der Waals surface area contributed by atoms with Crippen LogP contribution >= 0.6 is 0 Å². The Bertz CT molecular complexity index is 2850. The molecule has 0 aliphatic heterocycles. The van der Waals surface area contributed by atoms with Crippen LogP contribution in [0.15, 0.2) is 199 Å². The summed E-state index contributed by atoms with van der Waals surface area (Å²) in [7, 11) is 0. The fourth-order valence-electron chi connectivity index (χ4n) is 7.57. The Morgan fingerprint density at radius 3 is 1.76 bits per heavy atom. The number of hydrogen-bond acceptors (Lipinski definition) is 2. The van der Waals surface area contributed by atoms with Gasteiger partial charge in [-0.1, -0.05) is 115 Å². The standard InChI is InChI=1S/C48H32N2O/c1-3-12-33(13-4-1)34-22-25-38(26-23-34)49(39-17-11-14-35(30-39)36-24-28-43-42-19-8-10-21-47(42)51-48(43)31-36)40-27-29-46-44(32-40)41-18-7-9-20-45(41)50(46)37-15-5-2-6-16-37/h1-32H. The lowest BCUT2D eigenvalue weighted by molar-refractivity contribution is 0.669. The summed E-state index contributed by atoms with van der Waals surface area (Å²) in [5.74, 6) is 0. The van der Waals surface area contributed by atoms with Crippen LogP contribution < -0.4 is 4.90 Å². The summed E-state index contributed by atoms with van der Waals surface area (Å²) >= 11 is 0. The van der Waals surface area contributed by atoms with E-state index < -0.39 is 0 Å². The number of anilines is 3. The number of benzene rings is 8. The summed E-state index contributed by atoms with van der Waals surface area (Å²) in [4.78, 5) is 2.37. The maximum Gasteiger partial charge on any atom is 0.136 e. The number of fused-ring (bicyclic) bond motifs is 6. The van der Waals surface area contributed by atoms with E-state index in [0.717, 1.165) is 55.8 Å². The van der Waals surface area contributed by atoms with Crippen LogP contribution in [0.25, 0.3) is 71.7 Å². The van der Waals surface area contributed by atoms with Gasteiger partial charge in [0.25, 0.3) is 0 Å². The second kappa shape index (κ2) is 11.9. The van der Waals surface area contributed by atoms with Gasteiger partial charge in [-0.05, 0) is 101 Å². The van der Waals surface area contributed by atoms with E-state index in [0.29, 0.717) is 0 Å². The normalized spacial score (nSPS) is 11.5. The molecule has 240 valence electrons. The first-order chi connectivity index (χ1) is 25.3. The van der Waals surface area contributed by atoms with E-state index in [1.807, 2.05) is 12.1 Å². The van der Waals surface area contributed by atoms with E-state index >= 15 is 0 Å². The summed E-state index contributed by atoms with van der Waals surface area (Å²) in [6.07, 6.45) is 0. The highest BCUT2D eigenvalue weighted by molar-refractivity contribution is 6.11. The van der Waals surface area contributed by atoms with Crippen molar-refractivity contribution in [2.24, 2.45) is 0 Å². The van der Waals surface area contributed by atoms with Crippen molar-refractivity contribution < 1.29 is 4.42 Å². The van der Waals surface area contributed by atoms with Crippen molar-refractivity contribution in [3.8, 4) is 27.9 Å². The zero-order valence-electron chi connectivity index (χ0n) is 27.8. The highest BCUT2D eigenvalue weighted by atomic mass is 16.3. The largest absolute Gasteiger partial charge is 0.456 e. The van der Waals surface area contributed by atoms with Crippen LogP contribution in [0.1, 0.15) is 0 Å². The average molecular weight is 653 g/mol. The van der Waals surface area contributed by atoms with Gasteiger partial charge in [-0.3, -0.25) is 0 Å². The molecule has 0 spiro atoms. The summed E-state index contributed by atoms with van der Waals surface area (Å²) in [6.45, 7) is 0. The molecule has 0 bridgehead atoms. The van der Waals surface area contributed by atoms with E-state index in [4.69, 9.17) is 4.42 Å². The smallest absolute Gasteiger partial charge is 0.136 e. The molecule has 2 aromatic heterocycles. The highest BCUT2D eigenvalue weighted by Gasteiger charge is 2.18. The van der Waals surface area contributed by atoms with Gasteiger partial charge in [0.1, 0.15) is 11.2 Å². The van der Waals surface area contributed by atoms with Crippen molar-refractivity contribution in [1.29, 1.82) is 0 Å². The molecule has 0 atom stereocenters. The first-order valence-electron chi connectivity index (χ1n) is 17.3. The van der Waals surface area contributed by atoms with Crippen LogP contribution in [0, 0.1) is 0 Å². The van der Waals surface area contributed by atoms with Gasteiger partial charge in [-0.15, -0.1) is 0 Å². The van der Waals surface area contributed by atoms with E-state index in [9.17, 15) is 0 Å². The lowest BCUT2D eigenvalue weighted by atomic mass is 10.0. The van der Waals surface area contributed by atoms with Crippen molar-refractivity contribution in [2.75, 3.05) is 4.90 Å². The molecular formula is C48H32N2O. The molecule has 0 amide bonds. The Hall–Kier alpha value is -6.84. The maximum absolute atomic E-state index is 6.28. The molecule has 8 aromatic carbocycles. The third-order valence-corrected chi connectivity index (χ3v) is 9.98. The van der Waals surface area contributed by atoms with Crippen molar-refractivity contribution >= 4 is 60.8 Å². The minimum absolute atomic E-state index is 0.896. The molecule has 0 fully saturated rings. The molecular weight excluding hydrogens is 621 g/mol. The molecule has 10 rings (SSSR count). The van der Waals surface area contributed by atoms with E-state index in [1.54, 1.807) is 0 Å². The molecule has 0 aliphatic rings. The molecule has 3 heteroatoms. The number of hydrogen-bond donors (Lipinski definition) is 0. The zero-order valence-corrected chi connectivity index (χ0v) is 27.8. The third-order valence-electron chi connectivity index (χ3n) is 9.98. The fourth-order valence-corrected chi connectivity index (χ4v) is 7.57. The van der Waals surface area contributed by atoms with Crippen LogP contribution in [0.3, 0.4) is 0 Å². The van der Waals surface area contributed by atoms with Crippen molar-refractivity contribution in [3.05, 3.63) is 194 Å². The van der Waals surface area contributed by atoms with Gasteiger partial charge >= 0.3 is 0 Å². The van der Waals surface area contributed by atoms with Gasteiger partial charge in [0.2, 0.25) is 0 Å². The predicted molar refractivity (Wildman–Crippen MR) is 214 cm³/mol. The minimum atomic E-state index is 0.896. The van der Waals surface area contributed by atoms with Crippen LogP contribution in [0.5, 0.6) is 0 Å². The topological polar surface area (TPSA) is 21.3 Å². The Morgan fingerprint density at radius 1 is 0.333 bits per heavy atom. The molecule has 3 nitrogen and oxygen atoms in total. The van der Waals surface area contributed by atoms with Crippen molar-refractivity contribution in [2.45, 2.75) is 0 Å². The molecule has 10 aromatic rings. The first-order valence-corrected chi connectivity index (χ1v) is 17.3. The Labute approximate surface area is 295 Å². The lowest BCUT2D eigenvalue weighted by Gasteiger charge is -2.26. The third kappa shape index (κ3) is 4.98. The Balaban J connectivity index is 1.14. The van der Waals surface area contributed by atoms with Gasteiger partial charge in [-0.25, -0.2) is 0 Å². The van der Waals surface area contributed by atoms with E-state index in [2.05, 4.69) is 191 Å². The maximum atomic E-state index is 6.28.